The summed E-state index contributed by atoms with van der Waals surface area (Å²) in [6.07, 6.45) is 16.5. The van der Waals surface area contributed by atoms with Gasteiger partial charge in [-0.15, -0.1) is 0 Å². The molecule has 0 saturated heterocycles. The largest absolute Gasteiger partial charge is 0.466 e. The Morgan fingerprint density at radius 1 is 1.17 bits per heavy atom. The van der Waals surface area contributed by atoms with E-state index >= 15 is 0 Å². The summed E-state index contributed by atoms with van der Waals surface area (Å²) >= 11 is 0. The quantitative estimate of drug-likeness (QED) is 0.158. The number of carbonyl (C=O) groups is 1. The standard InChI is InChI=1S/C36H60O4Si/c1-24(2)25(3)14-15-26(4)32-18-19-33-29(13-12-20-36(32,33)9)16-17-30-21-31(38)22-34(27(30)5)40-41(10,11)35(7,8)23-39-28(6)37/h14-17,24-26,31-34,38H,5,12-13,18-23H2,1-4,6-11H3/b15-14+,29-16+,30-17-/t25-,26+,31+,32+,33-,34?,36+/m0/s1. The third-order valence-corrected chi connectivity index (χ3v) is 15.7. The number of fused-ring (bicyclic) bond motifs is 1. The molecule has 0 aliphatic heterocycles. The third-order valence-electron chi connectivity index (χ3n) is 11.4. The molecule has 0 bridgehead atoms. The van der Waals surface area contributed by atoms with E-state index in [-0.39, 0.29) is 17.1 Å². The van der Waals surface area contributed by atoms with Gasteiger partial charge < -0.3 is 14.3 Å². The van der Waals surface area contributed by atoms with E-state index in [1.165, 1.54) is 39.0 Å². The number of hydrogen-bond donors (Lipinski definition) is 1. The number of aliphatic hydroxyl groups is 1. The number of allylic oxidation sites excluding steroid dienone is 5. The third kappa shape index (κ3) is 7.94. The highest BCUT2D eigenvalue weighted by molar-refractivity contribution is 6.74. The molecule has 3 saturated carbocycles. The molecular weight excluding hydrogens is 524 g/mol. The Morgan fingerprint density at radius 2 is 1.85 bits per heavy atom. The summed E-state index contributed by atoms with van der Waals surface area (Å²) in [7, 11) is -2.31. The second-order valence-electron chi connectivity index (χ2n) is 15.3. The first-order chi connectivity index (χ1) is 19.0. The molecule has 0 aromatic carbocycles. The lowest BCUT2D eigenvalue weighted by atomic mass is 9.61. The zero-order valence-electron chi connectivity index (χ0n) is 27.9. The van der Waals surface area contributed by atoms with E-state index < -0.39 is 14.4 Å². The number of rotatable bonds is 10. The van der Waals surface area contributed by atoms with Crippen LogP contribution in [0.1, 0.15) is 100 Å². The van der Waals surface area contributed by atoms with Crippen LogP contribution in [-0.2, 0) is 14.0 Å². The molecule has 3 fully saturated rings. The van der Waals surface area contributed by atoms with Gasteiger partial charge in [0.1, 0.15) is 0 Å². The summed E-state index contributed by atoms with van der Waals surface area (Å²) in [6, 6.07) is 0. The van der Waals surface area contributed by atoms with E-state index in [1.807, 2.05) is 0 Å². The van der Waals surface area contributed by atoms with Gasteiger partial charge in [0.2, 0.25) is 0 Å². The van der Waals surface area contributed by atoms with Gasteiger partial charge in [-0.05, 0) is 97.8 Å². The summed E-state index contributed by atoms with van der Waals surface area (Å²) in [5.41, 5.74) is 4.05. The van der Waals surface area contributed by atoms with Crippen LogP contribution in [-0.4, -0.2) is 38.2 Å². The average Bonchev–Trinajstić information content (AvgIpc) is 3.24. The zero-order valence-corrected chi connectivity index (χ0v) is 28.9. The predicted octanol–water partition coefficient (Wildman–Crippen LogP) is 9.18. The maximum Gasteiger partial charge on any atom is 0.302 e. The molecule has 41 heavy (non-hydrogen) atoms. The molecule has 5 heteroatoms. The van der Waals surface area contributed by atoms with Gasteiger partial charge in [0.05, 0.1) is 18.8 Å². The second kappa shape index (κ2) is 13.5. The molecule has 232 valence electrons. The molecule has 0 heterocycles. The summed E-state index contributed by atoms with van der Waals surface area (Å²) in [5.74, 6) is 3.01. The summed E-state index contributed by atoms with van der Waals surface area (Å²) < 4.78 is 12.2. The maximum atomic E-state index is 11.5. The van der Waals surface area contributed by atoms with E-state index in [0.29, 0.717) is 48.5 Å². The predicted molar refractivity (Wildman–Crippen MR) is 174 cm³/mol. The van der Waals surface area contributed by atoms with E-state index in [1.54, 1.807) is 5.57 Å². The van der Waals surface area contributed by atoms with Crippen molar-refractivity contribution in [3.8, 4) is 0 Å². The van der Waals surface area contributed by atoms with Gasteiger partial charge in [-0.25, -0.2) is 0 Å². The normalized spacial score (nSPS) is 33.0. The Bertz CT molecular complexity index is 1030. The Morgan fingerprint density at radius 3 is 2.49 bits per heavy atom. The van der Waals surface area contributed by atoms with Crippen LogP contribution in [0.25, 0.3) is 0 Å². The first kappa shape index (κ1) is 34.1. The van der Waals surface area contributed by atoms with Crippen LogP contribution in [0.5, 0.6) is 0 Å². The molecule has 3 aliphatic rings. The molecule has 7 atom stereocenters. The fourth-order valence-electron chi connectivity index (χ4n) is 7.39. The fraction of sp³-hybridized carbons (Fsp3) is 0.750. The first-order valence-corrected chi connectivity index (χ1v) is 19.2. The van der Waals surface area contributed by atoms with E-state index in [4.69, 9.17) is 9.16 Å². The number of hydrogen-bond acceptors (Lipinski definition) is 4. The van der Waals surface area contributed by atoms with Gasteiger partial charge in [-0.3, -0.25) is 4.79 Å². The van der Waals surface area contributed by atoms with Crippen LogP contribution in [0.3, 0.4) is 0 Å². The minimum atomic E-state index is -2.31. The smallest absolute Gasteiger partial charge is 0.302 e. The Labute approximate surface area is 252 Å². The van der Waals surface area contributed by atoms with Crippen molar-refractivity contribution in [3.63, 3.8) is 0 Å². The van der Waals surface area contributed by atoms with Crippen molar-refractivity contribution in [1.29, 1.82) is 0 Å². The van der Waals surface area contributed by atoms with Crippen LogP contribution in [0.15, 0.2) is 47.6 Å². The lowest BCUT2D eigenvalue weighted by molar-refractivity contribution is -0.141. The van der Waals surface area contributed by atoms with Crippen LogP contribution in [0.2, 0.25) is 18.1 Å². The molecule has 0 aromatic heterocycles. The minimum absolute atomic E-state index is 0.213. The minimum Gasteiger partial charge on any atom is -0.466 e. The highest BCUT2D eigenvalue weighted by atomic mass is 28.4. The van der Waals surface area contributed by atoms with Crippen molar-refractivity contribution in [1.82, 2.24) is 0 Å². The van der Waals surface area contributed by atoms with Gasteiger partial charge in [-0.2, -0.15) is 0 Å². The zero-order chi connectivity index (χ0) is 30.8. The highest BCUT2D eigenvalue weighted by Crippen LogP contribution is 2.59. The highest BCUT2D eigenvalue weighted by Gasteiger charge is 2.50. The molecule has 0 spiro atoms. The summed E-state index contributed by atoms with van der Waals surface area (Å²) in [6.45, 7) is 26.8. The Hall–Kier alpha value is -1.43. The van der Waals surface area contributed by atoms with Crippen molar-refractivity contribution in [2.45, 2.75) is 131 Å². The first-order valence-electron chi connectivity index (χ1n) is 16.2. The average molecular weight is 585 g/mol. The van der Waals surface area contributed by atoms with Gasteiger partial charge in [0.25, 0.3) is 0 Å². The van der Waals surface area contributed by atoms with E-state index in [0.717, 1.165) is 17.1 Å². The number of carbonyl (C=O) groups excluding carboxylic acids is 1. The number of esters is 1. The van der Waals surface area contributed by atoms with Crippen LogP contribution < -0.4 is 0 Å². The molecule has 3 aliphatic carbocycles. The SMILES string of the molecule is C=C1/C(=C\C=C2/CCC[C@]3(C)[C@@H]([C@H](C)/C=C/[C@H](C)C(C)C)CC[C@@H]23)C[C@@H](O)CC1O[Si](C)(C)C(C)(C)COC(C)=O. The van der Waals surface area contributed by atoms with E-state index in [9.17, 15) is 9.90 Å². The van der Waals surface area contributed by atoms with Gasteiger partial charge in [0, 0.05) is 18.4 Å². The molecule has 0 aromatic rings. The Balaban J connectivity index is 1.76. The van der Waals surface area contributed by atoms with E-state index in [2.05, 4.69) is 92.4 Å². The molecule has 1 unspecified atom stereocenters. The van der Waals surface area contributed by atoms with Gasteiger partial charge in [0.15, 0.2) is 8.32 Å². The van der Waals surface area contributed by atoms with Crippen LogP contribution in [0, 0.1) is 35.0 Å². The summed E-state index contributed by atoms with van der Waals surface area (Å²) in [5, 5.41) is 10.6. The maximum absolute atomic E-state index is 11.5. The fourth-order valence-corrected chi connectivity index (χ4v) is 9.08. The summed E-state index contributed by atoms with van der Waals surface area (Å²) in [4.78, 5) is 11.5. The lowest BCUT2D eigenvalue weighted by Gasteiger charge is -2.44. The van der Waals surface area contributed by atoms with Crippen molar-refractivity contribution in [2.24, 2.45) is 35.0 Å². The number of aliphatic hydroxyl groups excluding tert-OH is 1. The lowest BCUT2D eigenvalue weighted by Crippen LogP contribution is -2.49. The molecule has 0 radical (unpaired) electrons. The van der Waals surface area contributed by atoms with Gasteiger partial charge >= 0.3 is 5.97 Å². The molecule has 0 amide bonds. The molecular formula is C36H60O4Si. The molecule has 4 nitrogen and oxygen atoms in total. The topological polar surface area (TPSA) is 55.8 Å². The van der Waals surface area contributed by atoms with Crippen molar-refractivity contribution in [3.05, 3.63) is 47.6 Å². The van der Waals surface area contributed by atoms with Gasteiger partial charge in [-0.1, -0.05) is 84.9 Å². The Kier molecular flexibility index (Phi) is 11.2. The molecule has 1 N–H and O–H groups in total. The van der Waals surface area contributed by atoms with Crippen LogP contribution in [0.4, 0.5) is 0 Å². The number of ether oxygens (including phenoxy) is 1. The van der Waals surface area contributed by atoms with Crippen LogP contribution >= 0.6 is 0 Å². The van der Waals surface area contributed by atoms with Crippen molar-refractivity contribution < 1.29 is 19.1 Å². The van der Waals surface area contributed by atoms with Crippen molar-refractivity contribution >= 4 is 14.3 Å². The van der Waals surface area contributed by atoms with Crippen molar-refractivity contribution in [2.75, 3.05) is 6.61 Å². The molecule has 3 rings (SSSR count). The second-order valence-corrected chi connectivity index (χ2v) is 19.9. The monoisotopic (exact) mass is 584 g/mol.